The number of nitrogens with one attached hydrogen (secondary N) is 2. The Labute approximate surface area is 163 Å². The van der Waals surface area contributed by atoms with Crippen molar-refractivity contribution in [3.8, 4) is 0 Å². The van der Waals surface area contributed by atoms with E-state index >= 15 is 0 Å². The highest BCUT2D eigenvalue weighted by molar-refractivity contribution is 7.99. The zero-order valence-corrected chi connectivity index (χ0v) is 16.5. The van der Waals surface area contributed by atoms with Gasteiger partial charge in [-0.3, -0.25) is 9.59 Å². The molecule has 0 heterocycles. The Kier molecular flexibility index (Phi) is 8.01. The summed E-state index contributed by atoms with van der Waals surface area (Å²) < 4.78 is 0. The number of rotatable bonds is 8. The monoisotopic (exact) mass is 390 g/mol. The summed E-state index contributed by atoms with van der Waals surface area (Å²) in [5.41, 5.74) is 1.02. The zero-order chi connectivity index (χ0) is 18.9. The average Bonchev–Trinajstić information content (AvgIpc) is 2.60. The molecule has 0 atom stereocenters. The van der Waals surface area contributed by atoms with Crippen LogP contribution < -0.4 is 10.6 Å². The van der Waals surface area contributed by atoms with Crippen molar-refractivity contribution in [1.82, 2.24) is 5.32 Å². The first-order valence-electron chi connectivity index (χ1n) is 8.54. The van der Waals surface area contributed by atoms with Crippen molar-refractivity contribution in [2.75, 3.05) is 11.1 Å². The maximum absolute atomic E-state index is 12.2. The smallest absolute Gasteiger partial charge is 0.253 e. The van der Waals surface area contributed by atoms with Crippen molar-refractivity contribution in [2.24, 2.45) is 0 Å². The van der Waals surface area contributed by atoms with Gasteiger partial charge in [-0.25, -0.2) is 0 Å². The molecule has 0 saturated heterocycles. The highest BCUT2D eigenvalue weighted by atomic mass is 35.5. The predicted octanol–water partition coefficient (Wildman–Crippen LogP) is 4.99. The molecule has 2 N–H and O–H groups in total. The summed E-state index contributed by atoms with van der Waals surface area (Å²) in [6.45, 7) is 3.80. The van der Waals surface area contributed by atoms with Gasteiger partial charge in [-0.1, -0.05) is 23.7 Å². The largest absolute Gasteiger partial charge is 0.350 e. The van der Waals surface area contributed by atoms with Crippen LogP contribution in [0.2, 0.25) is 5.02 Å². The van der Waals surface area contributed by atoms with E-state index in [0.29, 0.717) is 22.7 Å². The zero-order valence-electron chi connectivity index (χ0n) is 14.9. The summed E-state index contributed by atoms with van der Waals surface area (Å²) in [4.78, 5) is 25.5. The molecule has 4 nitrogen and oxygen atoms in total. The summed E-state index contributed by atoms with van der Waals surface area (Å²) >= 11 is 7.55. The number of para-hydroxylation sites is 1. The summed E-state index contributed by atoms with van der Waals surface area (Å²) in [6, 6.07) is 14.7. The molecule has 0 aliphatic rings. The lowest BCUT2D eigenvalue weighted by Gasteiger charge is -2.13. The van der Waals surface area contributed by atoms with Crippen molar-refractivity contribution in [3.05, 3.63) is 59.1 Å². The molecule has 0 aliphatic heterocycles. The lowest BCUT2D eigenvalue weighted by Crippen LogP contribution is -2.31. The Morgan fingerprint density at radius 1 is 1.08 bits per heavy atom. The second-order valence-corrected chi connectivity index (χ2v) is 7.73. The van der Waals surface area contributed by atoms with Crippen LogP contribution in [0.15, 0.2) is 53.4 Å². The average molecular weight is 391 g/mol. The molecule has 2 aromatic rings. The molecule has 6 heteroatoms. The van der Waals surface area contributed by atoms with E-state index in [1.54, 1.807) is 36.0 Å². The minimum atomic E-state index is -0.186. The number of carbonyl (C=O) groups is 2. The van der Waals surface area contributed by atoms with E-state index in [-0.39, 0.29) is 17.9 Å². The van der Waals surface area contributed by atoms with E-state index in [1.807, 2.05) is 38.1 Å². The van der Waals surface area contributed by atoms with Gasteiger partial charge < -0.3 is 10.6 Å². The van der Waals surface area contributed by atoms with Gasteiger partial charge in [-0.05, 0) is 62.4 Å². The Bertz CT molecular complexity index is 748. The van der Waals surface area contributed by atoms with Crippen LogP contribution in [-0.4, -0.2) is 23.6 Å². The standard InChI is InChI=1S/C20H23ClN2O2S/c1-14(2)22-20(25)17-6-3-4-7-18(17)23-19(24)8-5-13-26-16-11-9-15(21)10-12-16/h3-4,6-7,9-12,14H,5,8,13H2,1-2H3,(H,22,25)(H,23,24). The molecule has 0 spiro atoms. The van der Waals surface area contributed by atoms with E-state index in [4.69, 9.17) is 11.6 Å². The molecule has 0 fully saturated rings. The van der Waals surface area contributed by atoms with Gasteiger partial charge in [0.2, 0.25) is 5.91 Å². The van der Waals surface area contributed by atoms with Gasteiger partial charge in [0, 0.05) is 22.4 Å². The number of hydrogen-bond acceptors (Lipinski definition) is 3. The number of carbonyl (C=O) groups excluding carboxylic acids is 2. The van der Waals surface area contributed by atoms with E-state index in [1.165, 1.54) is 0 Å². The molecule has 2 rings (SSSR count). The van der Waals surface area contributed by atoms with E-state index in [2.05, 4.69) is 10.6 Å². The third-order valence-corrected chi connectivity index (χ3v) is 4.85. The minimum Gasteiger partial charge on any atom is -0.350 e. The second kappa shape index (κ2) is 10.2. The molecular formula is C20H23ClN2O2S. The quantitative estimate of drug-likeness (QED) is 0.493. The molecular weight excluding hydrogens is 368 g/mol. The Hall–Kier alpha value is -1.98. The summed E-state index contributed by atoms with van der Waals surface area (Å²) in [5, 5.41) is 6.41. The van der Waals surface area contributed by atoms with Gasteiger partial charge >= 0.3 is 0 Å². The SMILES string of the molecule is CC(C)NC(=O)c1ccccc1NC(=O)CCCSc1ccc(Cl)cc1. The van der Waals surface area contributed by atoms with Crippen LogP contribution in [0, 0.1) is 0 Å². The van der Waals surface area contributed by atoms with Crippen LogP contribution in [0.3, 0.4) is 0 Å². The highest BCUT2D eigenvalue weighted by Gasteiger charge is 2.13. The highest BCUT2D eigenvalue weighted by Crippen LogP contribution is 2.22. The number of benzene rings is 2. The van der Waals surface area contributed by atoms with Gasteiger partial charge in [0.1, 0.15) is 0 Å². The number of thioether (sulfide) groups is 1. The van der Waals surface area contributed by atoms with Crippen molar-refractivity contribution in [3.63, 3.8) is 0 Å². The van der Waals surface area contributed by atoms with Crippen LogP contribution >= 0.6 is 23.4 Å². The van der Waals surface area contributed by atoms with Crippen molar-refractivity contribution in [2.45, 2.75) is 37.6 Å². The minimum absolute atomic E-state index is 0.0381. The fraction of sp³-hybridized carbons (Fsp3) is 0.300. The molecule has 0 saturated carbocycles. The molecule has 0 unspecified atom stereocenters. The molecule has 0 bridgehead atoms. The molecule has 26 heavy (non-hydrogen) atoms. The van der Waals surface area contributed by atoms with Gasteiger partial charge in [0.25, 0.3) is 5.91 Å². The van der Waals surface area contributed by atoms with E-state index < -0.39 is 0 Å². The second-order valence-electron chi connectivity index (χ2n) is 6.13. The van der Waals surface area contributed by atoms with Crippen LogP contribution in [0.4, 0.5) is 5.69 Å². The Morgan fingerprint density at radius 3 is 2.46 bits per heavy atom. The van der Waals surface area contributed by atoms with Crippen molar-refractivity contribution in [1.29, 1.82) is 0 Å². The lowest BCUT2D eigenvalue weighted by molar-refractivity contribution is -0.116. The van der Waals surface area contributed by atoms with Crippen molar-refractivity contribution >= 4 is 40.9 Å². The molecule has 0 aliphatic carbocycles. The lowest BCUT2D eigenvalue weighted by atomic mass is 10.1. The maximum Gasteiger partial charge on any atom is 0.253 e. The molecule has 2 aromatic carbocycles. The number of anilines is 1. The van der Waals surface area contributed by atoms with E-state index in [9.17, 15) is 9.59 Å². The molecule has 138 valence electrons. The van der Waals surface area contributed by atoms with Gasteiger partial charge in [-0.2, -0.15) is 0 Å². The third kappa shape index (κ3) is 6.73. The fourth-order valence-corrected chi connectivity index (χ4v) is 3.28. The first-order chi connectivity index (χ1) is 12.5. The number of amides is 2. The third-order valence-electron chi connectivity index (χ3n) is 3.50. The van der Waals surface area contributed by atoms with E-state index in [0.717, 1.165) is 17.1 Å². The van der Waals surface area contributed by atoms with Crippen molar-refractivity contribution < 1.29 is 9.59 Å². The summed E-state index contributed by atoms with van der Waals surface area (Å²) in [7, 11) is 0. The number of halogens is 1. The normalized spacial score (nSPS) is 10.6. The summed E-state index contributed by atoms with van der Waals surface area (Å²) in [6.07, 6.45) is 1.15. The first-order valence-corrected chi connectivity index (χ1v) is 9.90. The molecule has 0 radical (unpaired) electrons. The Balaban J connectivity index is 1.82. The fourth-order valence-electron chi connectivity index (χ4n) is 2.30. The first kappa shape index (κ1) is 20.3. The Morgan fingerprint density at radius 2 is 1.77 bits per heavy atom. The predicted molar refractivity (Wildman–Crippen MR) is 109 cm³/mol. The van der Waals surface area contributed by atoms with Crippen LogP contribution in [0.5, 0.6) is 0 Å². The topological polar surface area (TPSA) is 58.2 Å². The van der Waals surface area contributed by atoms with Crippen LogP contribution in [0.25, 0.3) is 0 Å². The molecule has 2 amide bonds. The summed E-state index contributed by atoms with van der Waals surface area (Å²) in [5.74, 6) is 0.561. The van der Waals surface area contributed by atoms with Crippen LogP contribution in [-0.2, 0) is 4.79 Å². The van der Waals surface area contributed by atoms with Gasteiger partial charge in [0.05, 0.1) is 11.3 Å². The molecule has 0 aromatic heterocycles. The number of hydrogen-bond donors (Lipinski definition) is 2. The van der Waals surface area contributed by atoms with Crippen LogP contribution in [0.1, 0.15) is 37.0 Å². The van der Waals surface area contributed by atoms with Gasteiger partial charge in [-0.15, -0.1) is 11.8 Å². The maximum atomic E-state index is 12.2. The van der Waals surface area contributed by atoms with Gasteiger partial charge in [0.15, 0.2) is 0 Å².